The Hall–Kier alpha value is -1.06. The van der Waals surface area contributed by atoms with Crippen LogP contribution in [-0.4, -0.2) is 29.9 Å². The average Bonchev–Trinajstić information content (AvgIpc) is 2.44. The monoisotopic (exact) mass is 279 g/mol. The highest BCUT2D eigenvalue weighted by Crippen LogP contribution is 2.22. The summed E-state index contributed by atoms with van der Waals surface area (Å²) < 4.78 is 5.81. The number of hydrogen-bond donors (Lipinski definition) is 2. The van der Waals surface area contributed by atoms with Crippen molar-refractivity contribution >= 4 is 0 Å². The van der Waals surface area contributed by atoms with Crippen LogP contribution < -0.4 is 10.1 Å². The Bertz CT molecular complexity index is 388. The first kappa shape index (κ1) is 17.0. The first-order chi connectivity index (χ1) is 9.40. The molecule has 3 nitrogen and oxygen atoms in total. The van der Waals surface area contributed by atoms with Crippen LogP contribution in [0.25, 0.3) is 0 Å². The smallest absolute Gasteiger partial charge is 0.119 e. The van der Waals surface area contributed by atoms with E-state index in [0.29, 0.717) is 18.6 Å². The lowest BCUT2D eigenvalue weighted by Gasteiger charge is -2.30. The van der Waals surface area contributed by atoms with Crippen molar-refractivity contribution < 1.29 is 9.84 Å². The second kappa shape index (κ2) is 7.65. The molecule has 0 aliphatic heterocycles. The molecule has 0 amide bonds. The van der Waals surface area contributed by atoms with Crippen LogP contribution in [-0.2, 0) is 0 Å². The standard InChI is InChI=1S/C17H29NO2/c1-6-14(4)15-7-9-16(10-8-15)20-12-17(5,11-19)18-13(2)3/h7-10,13-14,18-19H,6,11-12H2,1-5H3. The number of rotatable bonds is 8. The SMILES string of the molecule is CCC(C)c1ccc(OCC(C)(CO)NC(C)C)cc1. The molecule has 0 bridgehead atoms. The molecule has 0 radical (unpaired) electrons. The molecule has 114 valence electrons. The van der Waals surface area contributed by atoms with Crippen LogP contribution in [0.3, 0.4) is 0 Å². The number of nitrogens with one attached hydrogen (secondary N) is 1. The Labute approximate surface area is 123 Å². The van der Waals surface area contributed by atoms with Crippen LogP contribution in [0.2, 0.25) is 0 Å². The van der Waals surface area contributed by atoms with Gasteiger partial charge >= 0.3 is 0 Å². The van der Waals surface area contributed by atoms with Crippen molar-refractivity contribution in [2.75, 3.05) is 13.2 Å². The second-order valence-electron chi connectivity index (χ2n) is 6.18. The lowest BCUT2D eigenvalue weighted by Crippen LogP contribution is -2.53. The Balaban J connectivity index is 2.60. The molecule has 20 heavy (non-hydrogen) atoms. The fraction of sp³-hybridized carbons (Fsp3) is 0.647. The molecule has 0 aliphatic rings. The third-order valence-electron chi connectivity index (χ3n) is 3.61. The quantitative estimate of drug-likeness (QED) is 0.767. The zero-order chi connectivity index (χ0) is 15.2. The first-order valence-electron chi connectivity index (χ1n) is 7.51. The van der Waals surface area contributed by atoms with Crippen LogP contribution in [0.4, 0.5) is 0 Å². The van der Waals surface area contributed by atoms with Gasteiger partial charge in [0.25, 0.3) is 0 Å². The van der Waals surface area contributed by atoms with Crippen molar-refractivity contribution in [2.45, 2.75) is 58.5 Å². The van der Waals surface area contributed by atoms with Gasteiger partial charge in [0.15, 0.2) is 0 Å². The highest BCUT2D eigenvalue weighted by Gasteiger charge is 2.24. The van der Waals surface area contributed by atoms with Gasteiger partial charge in [0.05, 0.1) is 12.1 Å². The summed E-state index contributed by atoms with van der Waals surface area (Å²) in [5.74, 6) is 1.43. The van der Waals surface area contributed by atoms with Gasteiger partial charge < -0.3 is 15.2 Å². The molecular weight excluding hydrogens is 250 g/mol. The molecule has 2 N–H and O–H groups in total. The lowest BCUT2D eigenvalue weighted by molar-refractivity contribution is 0.109. The van der Waals surface area contributed by atoms with Gasteiger partial charge in [-0.3, -0.25) is 0 Å². The van der Waals surface area contributed by atoms with Crippen molar-refractivity contribution in [3.8, 4) is 5.75 Å². The Kier molecular flexibility index (Phi) is 6.50. The topological polar surface area (TPSA) is 41.5 Å². The molecule has 1 aromatic carbocycles. The van der Waals surface area contributed by atoms with Crippen LogP contribution in [0.1, 0.15) is 52.5 Å². The molecule has 3 heteroatoms. The maximum atomic E-state index is 9.52. The fourth-order valence-corrected chi connectivity index (χ4v) is 2.20. The zero-order valence-corrected chi connectivity index (χ0v) is 13.4. The molecule has 0 saturated carbocycles. The molecule has 0 aliphatic carbocycles. The van der Waals surface area contributed by atoms with Crippen molar-refractivity contribution in [1.82, 2.24) is 5.32 Å². The van der Waals surface area contributed by atoms with E-state index in [4.69, 9.17) is 4.74 Å². The number of ether oxygens (including phenoxy) is 1. The molecule has 2 atom stereocenters. The fourth-order valence-electron chi connectivity index (χ4n) is 2.20. The summed E-state index contributed by atoms with van der Waals surface area (Å²) in [6.07, 6.45) is 1.14. The van der Waals surface area contributed by atoms with E-state index in [1.165, 1.54) is 5.56 Å². The van der Waals surface area contributed by atoms with Crippen LogP contribution in [0.5, 0.6) is 5.75 Å². The molecule has 0 heterocycles. The summed E-state index contributed by atoms with van der Waals surface area (Å²) >= 11 is 0. The van der Waals surface area contributed by atoms with Crippen molar-refractivity contribution in [1.29, 1.82) is 0 Å². The first-order valence-corrected chi connectivity index (χ1v) is 7.51. The Morgan fingerprint density at radius 1 is 1.20 bits per heavy atom. The Morgan fingerprint density at radius 3 is 2.25 bits per heavy atom. The number of aliphatic hydroxyl groups excluding tert-OH is 1. The minimum atomic E-state index is -0.413. The normalized spacial score (nSPS) is 15.9. The van der Waals surface area contributed by atoms with E-state index in [2.05, 4.69) is 45.1 Å². The lowest BCUT2D eigenvalue weighted by atomic mass is 9.99. The largest absolute Gasteiger partial charge is 0.492 e. The van der Waals surface area contributed by atoms with E-state index >= 15 is 0 Å². The van der Waals surface area contributed by atoms with Gasteiger partial charge in [-0.1, -0.05) is 39.8 Å². The zero-order valence-electron chi connectivity index (χ0n) is 13.4. The van der Waals surface area contributed by atoms with E-state index in [-0.39, 0.29) is 6.61 Å². The molecule has 2 unspecified atom stereocenters. The summed E-state index contributed by atoms with van der Waals surface area (Å²) in [5.41, 5.74) is 0.925. The van der Waals surface area contributed by atoms with Crippen molar-refractivity contribution in [3.63, 3.8) is 0 Å². The summed E-state index contributed by atoms with van der Waals surface area (Å²) in [4.78, 5) is 0. The van der Waals surface area contributed by atoms with Gasteiger partial charge in [0, 0.05) is 6.04 Å². The molecule has 0 fully saturated rings. The van der Waals surface area contributed by atoms with E-state index in [1.54, 1.807) is 0 Å². The minimum Gasteiger partial charge on any atom is -0.492 e. The highest BCUT2D eigenvalue weighted by molar-refractivity contribution is 5.29. The molecule has 1 rings (SSSR count). The van der Waals surface area contributed by atoms with E-state index in [0.717, 1.165) is 12.2 Å². The average molecular weight is 279 g/mol. The summed E-state index contributed by atoms with van der Waals surface area (Å²) in [6, 6.07) is 8.57. The van der Waals surface area contributed by atoms with Gasteiger partial charge in [-0.25, -0.2) is 0 Å². The molecule has 0 aromatic heterocycles. The van der Waals surface area contributed by atoms with Crippen LogP contribution in [0, 0.1) is 0 Å². The van der Waals surface area contributed by atoms with Crippen molar-refractivity contribution in [3.05, 3.63) is 29.8 Å². The highest BCUT2D eigenvalue weighted by atomic mass is 16.5. The molecule has 1 aromatic rings. The predicted octanol–water partition coefficient (Wildman–Crippen LogP) is 3.33. The maximum Gasteiger partial charge on any atom is 0.119 e. The Morgan fingerprint density at radius 2 is 1.80 bits per heavy atom. The third kappa shape index (κ3) is 5.14. The second-order valence-corrected chi connectivity index (χ2v) is 6.18. The summed E-state index contributed by atoms with van der Waals surface area (Å²) in [6.45, 7) is 11.0. The van der Waals surface area contributed by atoms with Gasteiger partial charge in [0.2, 0.25) is 0 Å². The summed E-state index contributed by atoms with van der Waals surface area (Å²) in [5, 5.41) is 12.9. The number of hydrogen-bond acceptors (Lipinski definition) is 3. The van der Waals surface area contributed by atoms with Crippen molar-refractivity contribution in [2.24, 2.45) is 0 Å². The van der Waals surface area contributed by atoms with E-state index in [9.17, 15) is 5.11 Å². The van der Waals surface area contributed by atoms with Crippen LogP contribution >= 0.6 is 0 Å². The predicted molar refractivity (Wildman–Crippen MR) is 84.4 cm³/mol. The summed E-state index contributed by atoms with van der Waals surface area (Å²) in [7, 11) is 0. The van der Waals surface area contributed by atoms with Gasteiger partial charge in [-0.15, -0.1) is 0 Å². The maximum absolute atomic E-state index is 9.52. The van der Waals surface area contributed by atoms with E-state index < -0.39 is 5.54 Å². The molecule has 0 saturated heterocycles. The van der Waals surface area contributed by atoms with Gasteiger partial charge in [-0.2, -0.15) is 0 Å². The molecule has 0 spiro atoms. The third-order valence-corrected chi connectivity index (χ3v) is 3.61. The minimum absolute atomic E-state index is 0.0517. The number of aliphatic hydroxyl groups is 1. The number of benzene rings is 1. The van der Waals surface area contributed by atoms with E-state index in [1.807, 2.05) is 19.1 Å². The molecular formula is C17H29NO2. The van der Waals surface area contributed by atoms with Crippen LogP contribution in [0.15, 0.2) is 24.3 Å². The van der Waals surface area contributed by atoms with Gasteiger partial charge in [-0.05, 0) is 37.0 Å². The van der Waals surface area contributed by atoms with Gasteiger partial charge in [0.1, 0.15) is 12.4 Å².